The number of para-hydroxylation sites is 1. The summed E-state index contributed by atoms with van der Waals surface area (Å²) < 4.78 is 1.97. The van der Waals surface area contributed by atoms with Crippen molar-refractivity contribution in [2.24, 2.45) is 7.05 Å². The van der Waals surface area contributed by atoms with Gasteiger partial charge in [-0.05, 0) is 37.1 Å². The van der Waals surface area contributed by atoms with Gasteiger partial charge < -0.3 is 4.98 Å². The van der Waals surface area contributed by atoms with E-state index >= 15 is 0 Å². The molecular weight excluding hydrogens is 372 g/mol. The molecule has 1 aliphatic rings. The number of hydrogen-bond donors (Lipinski definition) is 1. The zero-order chi connectivity index (χ0) is 20.5. The molecule has 4 aromatic rings. The maximum atomic E-state index is 13.9. The predicted octanol–water partition coefficient (Wildman–Crippen LogP) is 4.71. The number of hydrogen-bond acceptors (Lipinski definition) is 3. The number of ketones is 1. The monoisotopic (exact) mass is 398 g/mol. The van der Waals surface area contributed by atoms with Gasteiger partial charge in [0.25, 0.3) is 0 Å². The minimum atomic E-state index is -0.290. The summed E-state index contributed by atoms with van der Waals surface area (Å²) in [5, 5.41) is 5.35. The Hall–Kier alpha value is -3.18. The number of aromatic nitrogens is 3. The molecule has 1 fully saturated rings. The number of nitrogens with one attached hydrogen (secondary N) is 1. The zero-order valence-corrected chi connectivity index (χ0v) is 17.2. The average molecular weight is 399 g/mol. The number of aryl methyl sites for hydroxylation is 1. The largest absolute Gasteiger partial charge is 0.360 e. The summed E-state index contributed by atoms with van der Waals surface area (Å²) in [6.07, 6.45) is 5.92. The van der Waals surface area contributed by atoms with Crippen LogP contribution in [-0.4, -0.2) is 38.5 Å². The van der Waals surface area contributed by atoms with Crippen molar-refractivity contribution in [1.82, 2.24) is 19.7 Å². The Bertz CT molecular complexity index is 1160. The predicted molar refractivity (Wildman–Crippen MR) is 119 cm³/mol. The smallest absolute Gasteiger partial charge is 0.186 e. The number of fused-ring (bicyclic) bond motifs is 1. The van der Waals surface area contributed by atoms with Crippen LogP contribution in [0.3, 0.4) is 0 Å². The second-order valence-electron chi connectivity index (χ2n) is 8.14. The van der Waals surface area contributed by atoms with E-state index < -0.39 is 0 Å². The van der Waals surface area contributed by atoms with E-state index in [0.717, 1.165) is 48.0 Å². The van der Waals surface area contributed by atoms with Crippen molar-refractivity contribution in [2.45, 2.75) is 24.8 Å². The quantitative estimate of drug-likeness (QED) is 0.496. The molecule has 30 heavy (non-hydrogen) atoms. The third kappa shape index (κ3) is 3.35. The van der Waals surface area contributed by atoms with E-state index in [9.17, 15) is 4.79 Å². The van der Waals surface area contributed by atoms with Gasteiger partial charge >= 0.3 is 0 Å². The minimum Gasteiger partial charge on any atom is -0.360 e. The van der Waals surface area contributed by atoms with E-state index in [2.05, 4.69) is 33.2 Å². The fourth-order valence-electron chi connectivity index (χ4n) is 4.85. The molecule has 1 aliphatic heterocycles. The molecule has 152 valence electrons. The molecule has 0 amide bonds. The van der Waals surface area contributed by atoms with Crippen molar-refractivity contribution in [2.75, 3.05) is 13.1 Å². The lowest BCUT2D eigenvalue weighted by atomic mass is 9.89. The number of H-pyrrole nitrogens is 1. The SMILES string of the molecule is Cn1nccc1C1CCCN(C(C(=O)c2c[nH]c3ccccc23)c2ccccc2)C1. The van der Waals surface area contributed by atoms with Crippen LogP contribution in [0.5, 0.6) is 0 Å². The Labute approximate surface area is 176 Å². The maximum absolute atomic E-state index is 13.9. The molecule has 0 radical (unpaired) electrons. The molecule has 5 nitrogen and oxygen atoms in total. The molecule has 2 aromatic carbocycles. The van der Waals surface area contributed by atoms with Crippen molar-refractivity contribution in [3.63, 3.8) is 0 Å². The summed E-state index contributed by atoms with van der Waals surface area (Å²) in [5.74, 6) is 0.539. The Morgan fingerprint density at radius 2 is 1.90 bits per heavy atom. The second kappa shape index (κ2) is 7.92. The van der Waals surface area contributed by atoms with Crippen LogP contribution in [0.2, 0.25) is 0 Å². The van der Waals surface area contributed by atoms with E-state index in [1.807, 2.05) is 66.6 Å². The van der Waals surface area contributed by atoms with E-state index in [-0.39, 0.29) is 11.8 Å². The van der Waals surface area contributed by atoms with Gasteiger partial charge in [0.1, 0.15) is 0 Å². The Kier molecular flexibility index (Phi) is 4.97. The summed E-state index contributed by atoms with van der Waals surface area (Å²) in [7, 11) is 2.00. The summed E-state index contributed by atoms with van der Waals surface area (Å²) >= 11 is 0. The number of benzene rings is 2. The standard InChI is InChI=1S/C25H26N4O/c1-28-23(13-14-27-28)19-10-7-15-29(17-19)24(18-8-3-2-4-9-18)25(30)21-16-26-22-12-6-5-11-20(21)22/h2-6,8-9,11-14,16,19,24,26H,7,10,15,17H2,1H3. The number of aromatic amines is 1. The Morgan fingerprint density at radius 1 is 1.10 bits per heavy atom. The summed E-state index contributed by atoms with van der Waals surface area (Å²) in [6.45, 7) is 1.77. The number of rotatable bonds is 5. The van der Waals surface area contributed by atoms with Gasteiger partial charge in [-0.15, -0.1) is 0 Å². The van der Waals surface area contributed by atoms with E-state index in [1.54, 1.807) is 0 Å². The van der Waals surface area contributed by atoms with Crippen LogP contribution in [0.4, 0.5) is 0 Å². The molecule has 2 unspecified atom stereocenters. The van der Waals surface area contributed by atoms with Gasteiger partial charge in [-0.25, -0.2) is 0 Å². The molecule has 5 rings (SSSR count). The summed E-state index contributed by atoms with van der Waals surface area (Å²) in [6, 6.07) is 20.0. The maximum Gasteiger partial charge on any atom is 0.186 e. The molecule has 0 spiro atoms. The highest BCUT2D eigenvalue weighted by Crippen LogP contribution is 2.35. The lowest BCUT2D eigenvalue weighted by Crippen LogP contribution is -2.41. The fourth-order valence-corrected chi connectivity index (χ4v) is 4.85. The molecule has 0 aliphatic carbocycles. The van der Waals surface area contributed by atoms with Crippen LogP contribution in [-0.2, 0) is 7.05 Å². The highest BCUT2D eigenvalue weighted by molar-refractivity contribution is 6.10. The third-order valence-corrected chi connectivity index (χ3v) is 6.31. The van der Waals surface area contributed by atoms with Gasteiger partial charge in [-0.1, -0.05) is 48.5 Å². The molecule has 2 atom stereocenters. The molecular formula is C25H26N4O. The number of nitrogens with zero attached hydrogens (tertiary/aromatic N) is 3. The third-order valence-electron chi connectivity index (χ3n) is 6.31. The molecule has 0 bridgehead atoms. The molecule has 5 heteroatoms. The molecule has 1 N–H and O–H groups in total. The molecule has 1 saturated heterocycles. The highest BCUT2D eigenvalue weighted by atomic mass is 16.1. The minimum absolute atomic E-state index is 0.157. The van der Waals surface area contributed by atoms with Crippen LogP contribution >= 0.6 is 0 Å². The fraction of sp³-hybridized carbons (Fsp3) is 0.280. The lowest BCUT2D eigenvalue weighted by molar-refractivity contribution is 0.0762. The number of likely N-dealkylation sites (tertiary alicyclic amines) is 1. The van der Waals surface area contributed by atoms with Crippen molar-refractivity contribution < 1.29 is 4.79 Å². The number of carbonyl (C=O) groups is 1. The van der Waals surface area contributed by atoms with Crippen molar-refractivity contribution in [3.8, 4) is 0 Å². The van der Waals surface area contributed by atoms with Gasteiger partial charge in [-0.2, -0.15) is 5.10 Å². The molecule has 0 saturated carbocycles. The number of carbonyl (C=O) groups excluding carboxylic acids is 1. The van der Waals surface area contributed by atoms with Crippen LogP contribution in [0, 0.1) is 0 Å². The number of piperidine rings is 1. The highest BCUT2D eigenvalue weighted by Gasteiger charge is 2.34. The van der Waals surface area contributed by atoms with Gasteiger partial charge in [0.15, 0.2) is 5.78 Å². The van der Waals surface area contributed by atoms with E-state index in [4.69, 9.17) is 0 Å². The van der Waals surface area contributed by atoms with Crippen LogP contribution < -0.4 is 0 Å². The Balaban J connectivity index is 1.52. The Morgan fingerprint density at radius 3 is 2.70 bits per heavy atom. The van der Waals surface area contributed by atoms with Gasteiger partial charge in [0.2, 0.25) is 0 Å². The van der Waals surface area contributed by atoms with Crippen molar-refractivity contribution >= 4 is 16.7 Å². The number of Topliss-reactive ketones (excluding diaryl/α,β-unsaturated/α-hetero) is 1. The van der Waals surface area contributed by atoms with Crippen LogP contribution in [0.25, 0.3) is 10.9 Å². The first kappa shape index (κ1) is 18.8. The summed E-state index contributed by atoms with van der Waals surface area (Å²) in [4.78, 5) is 19.5. The normalized spacial score (nSPS) is 18.5. The van der Waals surface area contributed by atoms with Crippen molar-refractivity contribution in [3.05, 3.63) is 89.9 Å². The molecule has 2 aromatic heterocycles. The van der Waals surface area contributed by atoms with Crippen LogP contribution in [0.15, 0.2) is 73.1 Å². The average Bonchev–Trinajstić information content (AvgIpc) is 3.41. The van der Waals surface area contributed by atoms with E-state index in [1.165, 1.54) is 5.69 Å². The van der Waals surface area contributed by atoms with E-state index in [0.29, 0.717) is 5.92 Å². The lowest BCUT2D eigenvalue weighted by Gasteiger charge is -2.37. The second-order valence-corrected chi connectivity index (χ2v) is 8.14. The summed E-state index contributed by atoms with van der Waals surface area (Å²) in [5.41, 5.74) is 4.06. The topological polar surface area (TPSA) is 53.9 Å². The van der Waals surface area contributed by atoms with Gasteiger partial charge in [0, 0.05) is 54.1 Å². The molecule has 3 heterocycles. The first-order valence-electron chi connectivity index (χ1n) is 10.6. The zero-order valence-electron chi connectivity index (χ0n) is 17.2. The van der Waals surface area contributed by atoms with Gasteiger partial charge in [0.05, 0.1) is 6.04 Å². The first-order chi connectivity index (χ1) is 14.7. The van der Waals surface area contributed by atoms with Crippen molar-refractivity contribution in [1.29, 1.82) is 0 Å². The first-order valence-corrected chi connectivity index (χ1v) is 10.6. The van der Waals surface area contributed by atoms with Crippen LogP contribution in [0.1, 0.15) is 46.4 Å². The van der Waals surface area contributed by atoms with Gasteiger partial charge in [-0.3, -0.25) is 14.4 Å².